The van der Waals surface area contributed by atoms with Crippen LogP contribution in [0.5, 0.6) is 0 Å². The molecule has 3 heteroatoms. The lowest BCUT2D eigenvalue weighted by Gasteiger charge is -2.06. The summed E-state index contributed by atoms with van der Waals surface area (Å²) in [5, 5.41) is 9.04. The number of allylic oxidation sites excluding steroid dienone is 2. The van der Waals surface area contributed by atoms with Crippen molar-refractivity contribution >= 4 is 16.7 Å². The smallest absolute Gasteiger partial charge is 0.222 e. The number of fused-ring (bicyclic) bond motifs is 1. The highest BCUT2D eigenvalue weighted by atomic mass is 16.3. The fraction of sp³-hybridized carbons (Fsp3) is 0.438. The van der Waals surface area contributed by atoms with E-state index in [1.54, 1.807) is 0 Å². The Labute approximate surface area is 114 Å². The van der Waals surface area contributed by atoms with Gasteiger partial charge in [-0.05, 0) is 50.3 Å². The van der Waals surface area contributed by atoms with Crippen LogP contribution in [0.15, 0.2) is 28.7 Å². The largest absolute Gasteiger partial charge is 0.436 e. The minimum absolute atomic E-state index is 0.247. The second kappa shape index (κ2) is 6.02. The molecule has 2 rings (SSSR count). The number of benzene rings is 1. The van der Waals surface area contributed by atoms with Crippen LogP contribution in [0.4, 0.5) is 0 Å². The van der Waals surface area contributed by atoms with Crippen LogP contribution in [0.3, 0.4) is 0 Å². The second-order valence-electron chi connectivity index (χ2n) is 5.12. The molecule has 0 radical (unpaired) electrons. The summed E-state index contributed by atoms with van der Waals surface area (Å²) < 4.78 is 5.70. The first-order valence-electron chi connectivity index (χ1n) is 6.77. The summed E-state index contributed by atoms with van der Waals surface area (Å²) in [5.74, 6) is 1.03. The lowest BCUT2D eigenvalue weighted by Crippen LogP contribution is -2.02. The first kappa shape index (κ1) is 13.8. The van der Waals surface area contributed by atoms with E-state index in [0.717, 1.165) is 29.5 Å². The van der Waals surface area contributed by atoms with E-state index in [1.165, 1.54) is 5.56 Å². The minimum atomic E-state index is 0.247. The van der Waals surface area contributed by atoms with Gasteiger partial charge in [0.25, 0.3) is 0 Å². The number of aryl methyl sites for hydroxylation is 1. The maximum atomic E-state index is 9.04. The zero-order valence-electron chi connectivity index (χ0n) is 11.8. The average molecular weight is 259 g/mol. The van der Waals surface area contributed by atoms with Crippen LogP contribution >= 0.6 is 0 Å². The summed E-state index contributed by atoms with van der Waals surface area (Å²) in [5.41, 5.74) is 4.03. The minimum Gasteiger partial charge on any atom is -0.436 e. The zero-order valence-corrected chi connectivity index (χ0v) is 11.8. The van der Waals surface area contributed by atoms with Crippen LogP contribution in [0.25, 0.3) is 16.7 Å². The Morgan fingerprint density at radius 2 is 2.26 bits per heavy atom. The molecular weight excluding hydrogens is 238 g/mol. The van der Waals surface area contributed by atoms with Crippen molar-refractivity contribution < 1.29 is 9.52 Å². The number of nitrogens with zero attached hydrogens (tertiary/aromatic N) is 1. The molecule has 0 saturated carbocycles. The van der Waals surface area contributed by atoms with Gasteiger partial charge in [-0.2, -0.15) is 0 Å². The van der Waals surface area contributed by atoms with E-state index < -0.39 is 0 Å². The van der Waals surface area contributed by atoms with Crippen molar-refractivity contribution in [1.29, 1.82) is 0 Å². The molecule has 0 saturated heterocycles. The number of aromatic nitrogens is 1. The third kappa shape index (κ3) is 3.24. The molecule has 102 valence electrons. The lowest BCUT2D eigenvalue weighted by molar-refractivity contribution is 0.230. The maximum Gasteiger partial charge on any atom is 0.222 e. The predicted octanol–water partition coefficient (Wildman–Crippen LogP) is 3.81. The topological polar surface area (TPSA) is 46.3 Å². The van der Waals surface area contributed by atoms with Gasteiger partial charge in [0.05, 0.1) is 0 Å². The molecule has 2 aromatic rings. The first-order valence-corrected chi connectivity index (χ1v) is 6.77. The molecule has 0 bridgehead atoms. The van der Waals surface area contributed by atoms with Crippen LogP contribution in [0, 0.1) is 5.92 Å². The number of aliphatic hydroxyl groups excluding tert-OH is 1. The molecule has 0 aliphatic carbocycles. The SMILES string of the molecule is CC=C(C)c1nc2cc(CCC(C)CO)ccc2o1. The Morgan fingerprint density at radius 3 is 2.95 bits per heavy atom. The van der Waals surface area contributed by atoms with E-state index in [1.807, 2.05) is 26.0 Å². The van der Waals surface area contributed by atoms with Crippen molar-refractivity contribution in [3.05, 3.63) is 35.7 Å². The molecule has 0 fully saturated rings. The maximum absolute atomic E-state index is 9.04. The van der Waals surface area contributed by atoms with Crippen molar-refractivity contribution in [2.24, 2.45) is 5.92 Å². The Balaban J connectivity index is 2.20. The highest BCUT2D eigenvalue weighted by Gasteiger charge is 2.08. The Morgan fingerprint density at radius 1 is 1.47 bits per heavy atom. The molecule has 1 atom stereocenters. The molecule has 1 aromatic heterocycles. The molecule has 1 heterocycles. The molecule has 0 aliphatic heterocycles. The molecule has 1 unspecified atom stereocenters. The van der Waals surface area contributed by atoms with Crippen molar-refractivity contribution in [2.45, 2.75) is 33.6 Å². The normalized spacial score (nSPS) is 14.0. The summed E-state index contributed by atoms with van der Waals surface area (Å²) in [6.07, 6.45) is 3.94. The summed E-state index contributed by atoms with van der Waals surface area (Å²) in [4.78, 5) is 4.51. The fourth-order valence-electron chi connectivity index (χ4n) is 1.93. The van der Waals surface area contributed by atoms with E-state index >= 15 is 0 Å². The van der Waals surface area contributed by atoms with Gasteiger partial charge in [0.2, 0.25) is 5.89 Å². The average Bonchev–Trinajstić information content (AvgIpc) is 2.86. The molecule has 3 nitrogen and oxygen atoms in total. The second-order valence-corrected chi connectivity index (χ2v) is 5.12. The summed E-state index contributed by atoms with van der Waals surface area (Å²) in [6.45, 7) is 6.28. The quantitative estimate of drug-likeness (QED) is 0.888. The van der Waals surface area contributed by atoms with Crippen LogP contribution in [0.2, 0.25) is 0 Å². The van der Waals surface area contributed by atoms with E-state index in [4.69, 9.17) is 9.52 Å². The monoisotopic (exact) mass is 259 g/mol. The molecule has 19 heavy (non-hydrogen) atoms. The van der Waals surface area contributed by atoms with Gasteiger partial charge >= 0.3 is 0 Å². The highest BCUT2D eigenvalue weighted by Crippen LogP contribution is 2.22. The van der Waals surface area contributed by atoms with Gasteiger partial charge in [-0.25, -0.2) is 4.98 Å². The van der Waals surface area contributed by atoms with Crippen LogP contribution in [0.1, 0.15) is 38.6 Å². The van der Waals surface area contributed by atoms with E-state index in [9.17, 15) is 0 Å². The van der Waals surface area contributed by atoms with Crippen molar-refractivity contribution in [3.63, 3.8) is 0 Å². The van der Waals surface area contributed by atoms with Crippen molar-refractivity contribution in [3.8, 4) is 0 Å². The van der Waals surface area contributed by atoms with Gasteiger partial charge in [-0.15, -0.1) is 0 Å². The molecule has 0 spiro atoms. The van der Waals surface area contributed by atoms with Crippen molar-refractivity contribution in [2.75, 3.05) is 6.61 Å². The third-order valence-electron chi connectivity index (χ3n) is 3.46. The van der Waals surface area contributed by atoms with Gasteiger partial charge < -0.3 is 9.52 Å². The van der Waals surface area contributed by atoms with Gasteiger partial charge in [0, 0.05) is 12.2 Å². The standard InChI is InChI=1S/C16H21NO2/c1-4-12(3)16-17-14-9-13(6-5-11(2)10-18)7-8-15(14)19-16/h4,7-9,11,18H,5-6,10H2,1-3H3. The Kier molecular flexibility index (Phi) is 4.38. The molecule has 1 aromatic carbocycles. The van der Waals surface area contributed by atoms with Crippen LogP contribution in [-0.2, 0) is 6.42 Å². The van der Waals surface area contributed by atoms with E-state index in [2.05, 4.69) is 24.0 Å². The number of hydrogen-bond acceptors (Lipinski definition) is 3. The fourth-order valence-corrected chi connectivity index (χ4v) is 1.93. The number of aliphatic hydroxyl groups is 1. The zero-order chi connectivity index (χ0) is 13.8. The van der Waals surface area contributed by atoms with Gasteiger partial charge in [0.1, 0.15) is 5.52 Å². The van der Waals surface area contributed by atoms with Crippen molar-refractivity contribution in [1.82, 2.24) is 4.98 Å². The highest BCUT2D eigenvalue weighted by molar-refractivity contribution is 5.76. The summed E-state index contributed by atoms with van der Waals surface area (Å²) >= 11 is 0. The van der Waals surface area contributed by atoms with Crippen LogP contribution < -0.4 is 0 Å². The summed E-state index contributed by atoms with van der Waals surface area (Å²) in [7, 11) is 0. The van der Waals surface area contributed by atoms with Gasteiger partial charge in [0.15, 0.2) is 5.58 Å². The van der Waals surface area contributed by atoms with Crippen LogP contribution in [-0.4, -0.2) is 16.7 Å². The number of oxazole rings is 1. The predicted molar refractivity (Wildman–Crippen MR) is 77.9 cm³/mol. The Hall–Kier alpha value is -1.61. The van der Waals surface area contributed by atoms with E-state index in [-0.39, 0.29) is 6.61 Å². The van der Waals surface area contributed by atoms with Gasteiger partial charge in [-0.3, -0.25) is 0 Å². The Bertz CT molecular complexity index is 583. The molecule has 0 amide bonds. The summed E-state index contributed by atoms with van der Waals surface area (Å²) in [6, 6.07) is 6.13. The third-order valence-corrected chi connectivity index (χ3v) is 3.46. The first-order chi connectivity index (χ1) is 9.13. The number of hydrogen-bond donors (Lipinski definition) is 1. The molecular formula is C16H21NO2. The lowest BCUT2D eigenvalue weighted by atomic mass is 10.0. The molecule has 0 aliphatic rings. The van der Waals surface area contributed by atoms with E-state index in [0.29, 0.717) is 11.8 Å². The van der Waals surface area contributed by atoms with Gasteiger partial charge in [-0.1, -0.05) is 19.1 Å². The number of rotatable bonds is 5. The molecule has 1 N–H and O–H groups in total.